The first-order valence-electron chi connectivity index (χ1n) is 7.46. The summed E-state index contributed by atoms with van der Waals surface area (Å²) in [4.78, 5) is 0. The quantitative estimate of drug-likeness (QED) is 0.637. The summed E-state index contributed by atoms with van der Waals surface area (Å²) in [5.74, 6) is -0.409. The van der Waals surface area contributed by atoms with Crippen molar-refractivity contribution in [3.63, 3.8) is 0 Å². The summed E-state index contributed by atoms with van der Waals surface area (Å²) in [5, 5.41) is 0. The van der Waals surface area contributed by atoms with E-state index >= 15 is 0 Å². The molecule has 0 aromatic heterocycles. The number of anilines is 1. The number of aryl methyl sites for hydroxylation is 1. The molecule has 1 aliphatic rings. The fourth-order valence-corrected chi connectivity index (χ4v) is 1.93. The van der Waals surface area contributed by atoms with Gasteiger partial charge in [0.05, 0.1) is 16.9 Å². The molecule has 1 aliphatic heterocycles. The first-order chi connectivity index (χ1) is 9.55. The Bertz CT molecular complexity index is 487. The molecule has 1 fully saturated rings. The van der Waals surface area contributed by atoms with Crippen molar-refractivity contribution in [3.8, 4) is 0 Å². The van der Waals surface area contributed by atoms with Gasteiger partial charge in [-0.2, -0.15) is 0 Å². The lowest BCUT2D eigenvalue weighted by Crippen LogP contribution is -2.41. The fourth-order valence-electron chi connectivity index (χ4n) is 1.93. The van der Waals surface area contributed by atoms with E-state index in [0.29, 0.717) is 0 Å². The maximum absolute atomic E-state index is 13.3. The van der Waals surface area contributed by atoms with Gasteiger partial charge >= 0.3 is 7.12 Å². The highest BCUT2D eigenvalue weighted by Crippen LogP contribution is 2.36. The van der Waals surface area contributed by atoms with Gasteiger partial charge in [-0.1, -0.05) is 20.3 Å². The van der Waals surface area contributed by atoms with E-state index in [1.807, 2.05) is 34.6 Å². The standard InChI is InChI=1S/C13H19BFNO2.C3H8/c1-8-6-10(15)11(16)7-9(8)14-17-12(2,3)13(4,5)18-14;1-3-2/h6-7H,16H2,1-5H3;3H2,1-2H3. The Kier molecular flexibility index (Phi) is 5.45. The maximum atomic E-state index is 13.3. The van der Waals surface area contributed by atoms with Crippen LogP contribution in [0.25, 0.3) is 0 Å². The first-order valence-corrected chi connectivity index (χ1v) is 7.46. The zero-order valence-electron chi connectivity index (χ0n) is 14.2. The van der Waals surface area contributed by atoms with Crippen LogP contribution >= 0.6 is 0 Å². The van der Waals surface area contributed by atoms with Crippen molar-refractivity contribution in [1.29, 1.82) is 0 Å². The Morgan fingerprint density at radius 2 is 1.52 bits per heavy atom. The predicted molar refractivity (Wildman–Crippen MR) is 87.2 cm³/mol. The zero-order chi connectivity index (χ0) is 16.4. The van der Waals surface area contributed by atoms with Gasteiger partial charge in [-0.25, -0.2) is 4.39 Å². The molecule has 118 valence electrons. The van der Waals surface area contributed by atoms with Gasteiger partial charge in [0.1, 0.15) is 5.82 Å². The molecule has 0 unspecified atom stereocenters. The molecule has 1 aromatic carbocycles. The SMILES string of the molecule is CCC.Cc1cc(F)c(N)cc1B1OC(C)(C)C(C)(C)O1. The van der Waals surface area contributed by atoms with Crippen LogP contribution in [0.1, 0.15) is 53.5 Å². The summed E-state index contributed by atoms with van der Waals surface area (Å²) in [5.41, 5.74) is 6.47. The van der Waals surface area contributed by atoms with E-state index in [1.165, 1.54) is 12.5 Å². The van der Waals surface area contributed by atoms with Crippen LogP contribution in [0, 0.1) is 12.7 Å². The largest absolute Gasteiger partial charge is 0.495 e. The molecule has 1 heterocycles. The van der Waals surface area contributed by atoms with Crippen molar-refractivity contribution in [1.82, 2.24) is 0 Å². The second-order valence-corrected chi connectivity index (χ2v) is 6.53. The number of hydrogen-bond donors (Lipinski definition) is 1. The molecular formula is C16H27BFNO2. The number of halogens is 1. The van der Waals surface area contributed by atoms with Crippen molar-refractivity contribution in [3.05, 3.63) is 23.5 Å². The lowest BCUT2D eigenvalue weighted by Gasteiger charge is -2.32. The van der Waals surface area contributed by atoms with Crippen LogP contribution < -0.4 is 11.2 Å². The van der Waals surface area contributed by atoms with Gasteiger partial charge in [-0.05, 0) is 57.8 Å². The number of benzene rings is 1. The molecule has 2 rings (SSSR count). The average molecular weight is 295 g/mol. The second kappa shape index (κ2) is 6.36. The van der Waals surface area contributed by atoms with E-state index in [9.17, 15) is 4.39 Å². The van der Waals surface area contributed by atoms with Crippen molar-refractivity contribution in [2.75, 3.05) is 5.73 Å². The van der Waals surface area contributed by atoms with Gasteiger partial charge in [-0.15, -0.1) is 0 Å². The van der Waals surface area contributed by atoms with E-state index in [0.717, 1.165) is 11.0 Å². The summed E-state index contributed by atoms with van der Waals surface area (Å²) in [6, 6.07) is 3.00. The van der Waals surface area contributed by atoms with Crippen molar-refractivity contribution < 1.29 is 13.7 Å². The minimum absolute atomic E-state index is 0.116. The average Bonchev–Trinajstić information content (AvgIpc) is 2.54. The fraction of sp³-hybridized carbons (Fsp3) is 0.625. The smallest absolute Gasteiger partial charge is 0.399 e. The van der Waals surface area contributed by atoms with Gasteiger partial charge < -0.3 is 15.0 Å². The Hall–Kier alpha value is -1.07. The zero-order valence-corrected chi connectivity index (χ0v) is 14.2. The highest BCUT2D eigenvalue weighted by atomic mass is 19.1. The van der Waals surface area contributed by atoms with Crippen LogP contribution in [0.3, 0.4) is 0 Å². The normalized spacial score (nSPS) is 19.1. The molecule has 0 aliphatic carbocycles. The molecule has 2 N–H and O–H groups in total. The molecule has 21 heavy (non-hydrogen) atoms. The number of nitrogens with two attached hydrogens (primary N) is 1. The second-order valence-electron chi connectivity index (χ2n) is 6.53. The molecule has 0 radical (unpaired) electrons. The van der Waals surface area contributed by atoms with Crippen molar-refractivity contribution in [2.24, 2.45) is 0 Å². The third-order valence-electron chi connectivity index (χ3n) is 3.89. The lowest BCUT2D eigenvalue weighted by atomic mass is 9.76. The Balaban J connectivity index is 0.000000677. The van der Waals surface area contributed by atoms with Gasteiger partial charge in [0.25, 0.3) is 0 Å². The minimum Gasteiger partial charge on any atom is -0.399 e. The van der Waals surface area contributed by atoms with Gasteiger partial charge in [0.15, 0.2) is 0 Å². The van der Waals surface area contributed by atoms with E-state index in [1.54, 1.807) is 6.07 Å². The van der Waals surface area contributed by atoms with E-state index in [4.69, 9.17) is 15.0 Å². The molecule has 0 saturated carbocycles. The number of nitrogen functional groups attached to an aromatic ring is 1. The van der Waals surface area contributed by atoms with Gasteiger partial charge in [0.2, 0.25) is 0 Å². The van der Waals surface area contributed by atoms with Crippen molar-refractivity contribution >= 4 is 18.3 Å². The summed E-state index contributed by atoms with van der Waals surface area (Å²) in [7, 11) is -0.502. The Morgan fingerprint density at radius 3 is 1.95 bits per heavy atom. The predicted octanol–water partition coefficient (Wildman–Crippen LogP) is 3.43. The summed E-state index contributed by atoms with van der Waals surface area (Å²) < 4.78 is 25.2. The number of rotatable bonds is 1. The third kappa shape index (κ3) is 3.77. The third-order valence-corrected chi connectivity index (χ3v) is 3.89. The highest BCUT2D eigenvalue weighted by molar-refractivity contribution is 6.62. The van der Waals surface area contributed by atoms with Gasteiger partial charge in [0, 0.05) is 0 Å². The van der Waals surface area contributed by atoms with Gasteiger partial charge in [-0.3, -0.25) is 0 Å². The summed E-state index contributed by atoms with van der Waals surface area (Å²) in [6.45, 7) is 14.0. The minimum atomic E-state index is -0.502. The van der Waals surface area contributed by atoms with E-state index < -0.39 is 24.1 Å². The Labute approximate surface area is 128 Å². The molecular weight excluding hydrogens is 268 g/mol. The van der Waals surface area contributed by atoms with Crippen LogP contribution in [0.5, 0.6) is 0 Å². The first kappa shape index (κ1) is 18.0. The monoisotopic (exact) mass is 295 g/mol. The molecule has 0 bridgehead atoms. The summed E-state index contributed by atoms with van der Waals surface area (Å²) >= 11 is 0. The highest BCUT2D eigenvalue weighted by Gasteiger charge is 2.52. The summed E-state index contributed by atoms with van der Waals surface area (Å²) in [6.07, 6.45) is 1.25. The lowest BCUT2D eigenvalue weighted by molar-refractivity contribution is 0.00578. The molecule has 0 spiro atoms. The van der Waals surface area contributed by atoms with Crippen LogP contribution in [0.4, 0.5) is 10.1 Å². The van der Waals surface area contributed by atoms with E-state index in [-0.39, 0.29) is 5.69 Å². The Morgan fingerprint density at radius 1 is 1.10 bits per heavy atom. The molecule has 1 aromatic rings. The van der Waals surface area contributed by atoms with E-state index in [2.05, 4.69) is 13.8 Å². The molecule has 0 atom stereocenters. The molecule has 1 saturated heterocycles. The maximum Gasteiger partial charge on any atom is 0.495 e. The van der Waals surface area contributed by atoms with Crippen LogP contribution in [0.15, 0.2) is 12.1 Å². The topological polar surface area (TPSA) is 44.5 Å². The van der Waals surface area contributed by atoms with Crippen LogP contribution in [-0.2, 0) is 9.31 Å². The van der Waals surface area contributed by atoms with Crippen molar-refractivity contribution in [2.45, 2.75) is 66.1 Å². The molecule has 5 heteroatoms. The van der Waals surface area contributed by atoms with Crippen LogP contribution in [-0.4, -0.2) is 18.3 Å². The number of hydrogen-bond acceptors (Lipinski definition) is 3. The van der Waals surface area contributed by atoms with Crippen LogP contribution in [0.2, 0.25) is 0 Å². The molecule has 0 amide bonds. The molecule has 3 nitrogen and oxygen atoms in total.